The third-order valence-corrected chi connectivity index (χ3v) is 6.41. The summed E-state index contributed by atoms with van der Waals surface area (Å²) in [6.45, 7) is 6.38. The maximum absolute atomic E-state index is 12.5. The van der Waals surface area contributed by atoms with Gasteiger partial charge in [-0.2, -0.15) is 5.10 Å². The maximum atomic E-state index is 12.5. The molecule has 0 spiro atoms. The van der Waals surface area contributed by atoms with Gasteiger partial charge in [0, 0.05) is 29.2 Å². The predicted octanol–water partition coefficient (Wildman–Crippen LogP) is 4.52. The van der Waals surface area contributed by atoms with E-state index in [9.17, 15) is 4.79 Å². The number of hydrogen-bond donors (Lipinski definition) is 1. The van der Waals surface area contributed by atoms with Crippen LogP contribution < -0.4 is 5.32 Å². The van der Waals surface area contributed by atoms with Crippen LogP contribution in [-0.2, 0) is 11.2 Å². The van der Waals surface area contributed by atoms with E-state index in [1.54, 1.807) is 0 Å². The highest BCUT2D eigenvalue weighted by Gasteiger charge is 2.21. The number of carbonyl (C=O) groups excluding carboxylic acids is 1. The van der Waals surface area contributed by atoms with Crippen molar-refractivity contribution in [2.75, 3.05) is 0 Å². The van der Waals surface area contributed by atoms with Crippen LogP contribution >= 0.6 is 0 Å². The summed E-state index contributed by atoms with van der Waals surface area (Å²) in [5.41, 5.74) is 5.05. The quantitative estimate of drug-likeness (QED) is 0.710. The van der Waals surface area contributed by atoms with Gasteiger partial charge in [0.05, 0.1) is 5.52 Å². The molecule has 0 aliphatic heterocycles. The monoisotopic (exact) mass is 378 g/mol. The second-order valence-electron chi connectivity index (χ2n) is 8.21. The van der Waals surface area contributed by atoms with Gasteiger partial charge >= 0.3 is 0 Å². The molecule has 5 nitrogen and oxygen atoms in total. The minimum atomic E-state index is 0.157. The summed E-state index contributed by atoms with van der Waals surface area (Å²) in [6, 6.07) is 8.44. The Morgan fingerprint density at radius 1 is 1.18 bits per heavy atom. The number of hydrogen-bond acceptors (Lipinski definition) is 3. The molecule has 1 aliphatic rings. The largest absolute Gasteiger partial charge is 0.353 e. The zero-order valence-corrected chi connectivity index (χ0v) is 17.2. The minimum Gasteiger partial charge on any atom is -0.353 e. The number of fused-ring (bicyclic) bond motifs is 3. The molecule has 148 valence electrons. The van der Waals surface area contributed by atoms with Crippen molar-refractivity contribution < 1.29 is 4.79 Å². The lowest BCUT2D eigenvalue weighted by Crippen LogP contribution is -2.37. The SMILES string of the molecule is CCC1CCC(NC(=O)CCc2c(C)nc3c4ccccc4nn3c2C)CC1. The zero-order chi connectivity index (χ0) is 19.7. The Labute approximate surface area is 166 Å². The summed E-state index contributed by atoms with van der Waals surface area (Å²) in [6.07, 6.45) is 7.19. The van der Waals surface area contributed by atoms with Crippen molar-refractivity contribution in [1.29, 1.82) is 0 Å². The van der Waals surface area contributed by atoms with E-state index >= 15 is 0 Å². The Kier molecular flexibility index (Phi) is 5.33. The van der Waals surface area contributed by atoms with Crippen LogP contribution in [0.25, 0.3) is 16.6 Å². The number of benzene rings is 1. The fraction of sp³-hybridized carbons (Fsp3) is 0.522. The number of aryl methyl sites for hydroxylation is 2. The van der Waals surface area contributed by atoms with Gasteiger partial charge in [0.15, 0.2) is 5.65 Å². The van der Waals surface area contributed by atoms with Crippen LogP contribution in [0.5, 0.6) is 0 Å². The van der Waals surface area contributed by atoms with Gasteiger partial charge in [-0.05, 0) is 69.6 Å². The molecule has 2 heterocycles. The number of aromatic nitrogens is 3. The highest BCUT2D eigenvalue weighted by molar-refractivity contribution is 5.92. The van der Waals surface area contributed by atoms with E-state index < -0.39 is 0 Å². The molecule has 2 aromatic heterocycles. The number of nitrogens with one attached hydrogen (secondary N) is 1. The van der Waals surface area contributed by atoms with Crippen molar-refractivity contribution >= 4 is 22.5 Å². The van der Waals surface area contributed by atoms with Crippen molar-refractivity contribution in [3.05, 3.63) is 41.2 Å². The standard InChI is InChI=1S/C23H30N4O/c1-4-17-9-11-18(12-10-17)25-22(28)14-13-19-15(2)24-23-20-7-5-6-8-21(20)26-27(23)16(19)3/h5-8,17-18H,4,9-14H2,1-3H3,(H,25,28). The summed E-state index contributed by atoms with van der Waals surface area (Å²) in [4.78, 5) is 17.3. The Bertz CT molecular complexity index is 999. The molecular weight excluding hydrogens is 348 g/mol. The van der Waals surface area contributed by atoms with Crippen molar-refractivity contribution in [3.8, 4) is 0 Å². The summed E-state index contributed by atoms with van der Waals surface area (Å²) in [7, 11) is 0. The van der Waals surface area contributed by atoms with Gasteiger partial charge in [-0.15, -0.1) is 0 Å². The van der Waals surface area contributed by atoms with Crippen LogP contribution in [0.1, 0.15) is 62.4 Å². The molecule has 1 aliphatic carbocycles. The number of amides is 1. The Morgan fingerprint density at radius 2 is 1.93 bits per heavy atom. The molecule has 0 unspecified atom stereocenters. The van der Waals surface area contributed by atoms with Crippen molar-refractivity contribution in [3.63, 3.8) is 0 Å². The van der Waals surface area contributed by atoms with E-state index in [0.29, 0.717) is 18.9 Å². The van der Waals surface area contributed by atoms with Crippen molar-refractivity contribution in [1.82, 2.24) is 19.9 Å². The van der Waals surface area contributed by atoms with E-state index in [0.717, 1.165) is 52.3 Å². The van der Waals surface area contributed by atoms with E-state index in [2.05, 4.69) is 25.2 Å². The van der Waals surface area contributed by atoms with Crippen LogP contribution in [0.3, 0.4) is 0 Å². The van der Waals surface area contributed by atoms with Crippen LogP contribution in [0.15, 0.2) is 24.3 Å². The van der Waals surface area contributed by atoms with Gasteiger partial charge in [-0.25, -0.2) is 9.50 Å². The van der Waals surface area contributed by atoms with Crippen LogP contribution in [0.2, 0.25) is 0 Å². The zero-order valence-electron chi connectivity index (χ0n) is 17.2. The van der Waals surface area contributed by atoms with Crippen molar-refractivity contribution in [2.45, 2.75) is 71.8 Å². The lowest BCUT2D eigenvalue weighted by Gasteiger charge is -2.28. The molecule has 1 fully saturated rings. The molecule has 1 saturated carbocycles. The Morgan fingerprint density at radius 3 is 2.68 bits per heavy atom. The summed E-state index contributed by atoms with van der Waals surface area (Å²) < 4.78 is 1.93. The first-order chi connectivity index (χ1) is 13.6. The second-order valence-corrected chi connectivity index (χ2v) is 8.21. The summed E-state index contributed by atoms with van der Waals surface area (Å²) >= 11 is 0. The molecule has 1 aromatic carbocycles. The molecule has 1 amide bonds. The van der Waals surface area contributed by atoms with E-state index in [1.165, 1.54) is 19.3 Å². The fourth-order valence-corrected chi connectivity index (χ4v) is 4.59. The van der Waals surface area contributed by atoms with Gasteiger partial charge in [0.2, 0.25) is 5.91 Å². The molecule has 0 bridgehead atoms. The fourth-order valence-electron chi connectivity index (χ4n) is 4.59. The van der Waals surface area contributed by atoms with E-state index in [-0.39, 0.29) is 5.91 Å². The average molecular weight is 379 g/mol. The van der Waals surface area contributed by atoms with Crippen LogP contribution in [0, 0.1) is 19.8 Å². The second kappa shape index (κ2) is 7.90. The third kappa shape index (κ3) is 3.62. The molecule has 0 saturated heterocycles. The Hall–Kier alpha value is -2.43. The first kappa shape index (κ1) is 18.9. The van der Waals surface area contributed by atoms with E-state index in [4.69, 9.17) is 10.1 Å². The maximum Gasteiger partial charge on any atom is 0.220 e. The smallest absolute Gasteiger partial charge is 0.220 e. The highest BCUT2D eigenvalue weighted by atomic mass is 16.1. The molecule has 3 aromatic rings. The number of nitrogens with zero attached hydrogens (tertiary/aromatic N) is 3. The minimum absolute atomic E-state index is 0.157. The number of rotatable bonds is 5. The molecule has 4 rings (SSSR count). The van der Waals surface area contributed by atoms with Gasteiger partial charge in [0.25, 0.3) is 0 Å². The summed E-state index contributed by atoms with van der Waals surface area (Å²) in [5.74, 6) is 1.00. The summed E-state index contributed by atoms with van der Waals surface area (Å²) in [5, 5.41) is 9.03. The normalized spacial score (nSPS) is 20.0. The van der Waals surface area contributed by atoms with Crippen LogP contribution in [-0.4, -0.2) is 26.5 Å². The lowest BCUT2D eigenvalue weighted by molar-refractivity contribution is -0.122. The van der Waals surface area contributed by atoms with Gasteiger partial charge in [0.1, 0.15) is 0 Å². The molecule has 5 heteroatoms. The topological polar surface area (TPSA) is 59.3 Å². The molecule has 0 radical (unpaired) electrons. The van der Waals surface area contributed by atoms with Gasteiger partial charge < -0.3 is 5.32 Å². The predicted molar refractivity (Wildman–Crippen MR) is 112 cm³/mol. The first-order valence-electron chi connectivity index (χ1n) is 10.6. The first-order valence-corrected chi connectivity index (χ1v) is 10.6. The molecule has 0 atom stereocenters. The third-order valence-electron chi connectivity index (χ3n) is 6.41. The van der Waals surface area contributed by atoms with Gasteiger partial charge in [-0.1, -0.05) is 25.5 Å². The Balaban J connectivity index is 1.46. The number of carbonyl (C=O) groups is 1. The van der Waals surface area contributed by atoms with Crippen LogP contribution in [0.4, 0.5) is 0 Å². The average Bonchev–Trinajstić information content (AvgIpc) is 3.07. The lowest BCUT2D eigenvalue weighted by atomic mass is 9.84. The van der Waals surface area contributed by atoms with Gasteiger partial charge in [-0.3, -0.25) is 4.79 Å². The highest BCUT2D eigenvalue weighted by Crippen LogP contribution is 2.27. The molecule has 28 heavy (non-hydrogen) atoms. The van der Waals surface area contributed by atoms with E-state index in [1.807, 2.05) is 29.6 Å². The molecule has 1 N–H and O–H groups in total. The van der Waals surface area contributed by atoms with Crippen molar-refractivity contribution in [2.24, 2.45) is 5.92 Å². The molecular formula is C23H30N4O.